The van der Waals surface area contributed by atoms with E-state index in [0.29, 0.717) is 10.7 Å². The lowest BCUT2D eigenvalue weighted by Crippen LogP contribution is -2.15. The minimum absolute atomic E-state index is 0.101. The van der Waals surface area contributed by atoms with Crippen LogP contribution >= 0.6 is 15.9 Å². The molecule has 0 unspecified atom stereocenters. The van der Waals surface area contributed by atoms with Gasteiger partial charge in [-0.15, -0.1) is 0 Å². The van der Waals surface area contributed by atoms with Crippen LogP contribution in [0.1, 0.15) is 0 Å². The van der Waals surface area contributed by atoms with Gasteiger partial charge in [0.2, 0.25) is 0 Å². The van der Waals surface area contributed by atoms with Crippen molar-refractivity contribution in [3.8, 4) is 0 Å². The van der Waals surface area contributed by atoms with Crippen molar-refractivity contribution >= 4 is 37.3 Å². The molecule has 7 nitrogen and oxygen atoms in total. The molecule has 1 N–H and O–H groups in total. The zero-order chi connectivity index (χ0) is 15.6. The van der Waals surface area contributed by atoms with E-state index in [1.807, 2.05) is 0 Å². The first-order valence-corrected chi connectivity index (χ1v) is 7.65. The third kappa shape index (κ3) is 3.52. The monoisotopic (exact) mass is 375 g/mol. The Kier molecular flexibility index (Phi) is 4.19. The zero-order valence-electron chi connectivity index (χ0n) is 10.2. The van der Waals surface area contributed by atoms with Crippen LogP contribution in [0, 0.1) is 15.9 Å². The molecule has 1 heterocycles. The van der Waals surface area contributed by atoms with Crippen LogP contribution in [0.25, 0.3) is 0 Å². The van der Waals surface area contributed by atoms with E-state index in [0.717, 1.165) is 12.1 Å². The quantitative estimate of drug-likeness (QED) is 0.502. The van der Waals surface area contributed by atoms with Crippen LogP contribution in [0.15, 0.2) is 46.0 Å². The predicted octanol–water partition coefficient (Wildman–Crippen LogP) is 2.69. The van der Waals surface area contributed by atoms with Gasteiger partial charge in [-0.2, -0.15) is 0 Å². The lowest BCUT2D eigenvalue weighted by atomic mass is 10.3. The summed E-state index contributed by atoms with van der Waals surface area (Å²) in [7, 11) is -4.30. The maximum atomic E-state index is 13.6. The molecule has 110 valence electrons. The number of nitro benzene ring substituents is 1. The van der Waals surface area contributed by atoms with Crippen molar-refractivity contribution in [3.05, 3.63) is 57.1 Å². The van der Waals surface area contributed by atoms with Crippen LogP contribution in [0.2, 0.25) is 0 Å². The molecule has 0 aliphatic rings. The van der Waals surface area contributed by atoms with Crippen molar-refractivity contribution in [1.82, 2.24) is 4.98 Å². The molecular weight excluding hydrogens is 369 g/mol. The molecule has 0 saturated carbocycles. The summed E-state index contributed by atoms with van der Waals surface area (Å²) in [6.45, 7) is 0. The SMILES string of the molecule is O=[N+]([O-])c1ccc(F)c(S(=O)(=O)Nc2ccc(Br)nc2)c1. The van der Waals surface area contributed by atoms with Gasteiger partial charge in [-0.25, -0.2) is 17.8 Å². The van der Waals surface area contributed by atoms with Gasteiger partial charge in [0.15, 0.2) is 0 Å². The molecule has 21 heavy (non-hydrogen) atoms. The van der Waals surface area contributed by atoms with Gasteiger partial charge in [0, 0.05) is 12.1 Å². The normalized spacial score (nSPS) is 11.1. The number of anilines is 1. The minimum atomic E-state index is -4.30. The van der Waals surface area contributed by atoms with E-state index < -0.39 is 31.3 Å². The van der Waals surface area contributed by atoms with Crippen molar-refractivity contribution in [2.45, 2.75) is 4.90 Å². The molecule has 0 aliphatic carbocycles. The molecule has 0 amide bonds. The number of benzene rings is 1. The molecule has 0 aliphatic heterocycles. The molecule has 1 aromatic carbocycles. The molecule has 10 heteroatoms. The van der Waals surface area contributed by atoms with Gasteiger partial charge >= 0.3 is 0 Å². The van der Waals surface area contributed by atoms with Gasteiger partial charge in [0.1, 0.15) is 15.3 Å². The topological polar surface area (TPSA) is 102 Å². The number of non-ortho nitro benzene ring substituents is 1. The third-order valence-corrected chi connectivity index (χ3v) is 4.26. The van der Waals surface area contributed by atoms with Crippen molar-refractivity contribution in [3.63, 3.8) is 0 Å². The number of nitrogens with zero attached hydrogens (tertiary/aromatic N) is 2. The number of rotatable bonds is 4. The van der Waals surface area contributed by atoms with Crippen LogP contribution in [0.4, 0.5) is 15.8 Å². The Morgan fingerprint density at radius 3 is 2.57 bits per heavy atom. The number of nitro groups is 1. The van der Waals surface area contributed by atoms with E-state index in [-0.39, 0.29) is 5.69 Å². The smallest absolute Gasteiger partial charge is 0.271 e. The summed E-state index contributed by atoms with van der Waals surface area (Å²) in [4.78, 5) is 12.8. The lowest BCUT2D eigenvalue weighted by molar-refractivity contribution is -0.385. The standard InChI is InChI=1S/C11H7BrFN3O4S/c12-11-4-1-7(6-14-11)15-21(19,20)10-5-8(16(17)18)2-3-9(10)13/h1-6,15H. The van der Waals surface area contributed by atoms with E-state index in [1.165, 1.54) is 18.3 Å². The first kappa shape index (κ1) is 15.3. The molecule has 2 aromatic rings. The number of aromatic nitrogens is 1. The number of hydrogen-bond acceptors (Lipinski definition) is 5. The van der Waals surface area contributed by atoms with Gasteiger partial charge in [-0.05, 0) is 34.1 Å². The molecule has 0 bridgehead atoms. The highest BCUT2D eigenvalue weighted by molar-refractivity contribution is 9.10. The summed E-state index contributed by atoms with van der Waals surface area (Å²) in [6.07, 6.45) is 1.22. The maximum absolute atomic E-state index is 13.6. The molecule has 2 rings (SSSR count). The van der Waals surface area contributed by atoms with Crippen molar-refractivity contribution < 1.29 is 17.7 Å². The van der Waals surface area contributed by atoms with Crippen molar-refractivity contribution in [2.75, 3.05) is 4.72 Å². The first-order chi connectivity index (χ1) is 9.79. The number of sulfonamides is 1. The molecule has 0 radical (unpaired) electrons. The minimum Gasteiger partial charge on any atom is -0.278 e. The number of pyridine rings is 1. The number of nitrogens with one attached hydrogen (secondary N) is 1. The van der Waals surface area contributed by atoms with Gasteiger partial charge in [0.25, 0.3) is 15.7 Å². The largest absolute Gasteiger partial charge is 0.278 e. The second-order valence-corrected chi connectivity index (χ2v) is 6.31. The second kappa shape index (κ2) is 5.74. The summed E-state index contributed by atoms with van der Waals surface area (Å²) in [5.41, 5.74) is -0.421. The van der Waals surface area contributed by atoms with Crippen LogP contribution < -0.4 is 4.72 Å². The van der Waals surface area contributed by atoms with Crippen LogP contribution in [0.5, 0.6) is 0 Å². The Bertz CT molecular complexity index is 796. The summed E-state index contributed by atoms with van der Waals surface area (Å²) < 4.78 is 40.4. The molecular formula is C11H7BrFN3O4S. The number of hydrogen-bond donors (Lipinski definition) is 1. The zero-order valence-corrected chi connectivity index (χ0v) is 12.6. The van der Waals surface area contributed by atoms with E-state index in [9.17, 15) is 22.9 Å². The highest BCUT2D eigenvalue weighted by atomic mass is 79.9. The average Bonchev–Trinajstić information content (AvgIpc) is 2.41. The fourth-order valence-electron chi connectivity index (χ4n) is 1.46. The van der Waals surface area contributed by atoms with E-state index in [1.54, 1.807) is 0 Å². The Hall–Kier alpha value is -2.07. The van der Waals surface area contributed by atoms with Crippen LogP contribution in [0.3, 0.4) is 0 Å². The third-order valence-electron chi connectivity index (χ3n) is 2.39. The Morgan fingerprint density at radius 1 is 1.29 bits per heavy atom. The summed E-state index contributed by atoms with van der Waals surface area (Å²) in [5, 5.41) is 10.6. The average molecular weight is 376 g/mol. The van der Waals surface area contributed by atoms with E-state index in [2.05, 4.69) is 25.6 Å². The maximum Gasteiger partial charge on any atom is 0.271 e. The summed E-state index contributed by atoms with van der Waals surface area (Å²) in [6, 6.07) is 5.16. The molecule has 0 atom stereocenters. The van der Waals surface area contributed by atoms with E-state index in [4.69, 9.17) is 0 Å². The molecule has 1 aromatic heterocycles. The van der Waals surface area contributed by atoms with Gasteiger partial charge in [-0.3, -0.25) is 14.8 Å². The predicted molar refractivity (Wildman–Crippen MR) is 75.8 cm³/mol. The van der Waals surface area contributed by atoms with Gasteiger partial charge in [-0.1, -0.05) is 0 Å². The van der Waals surface area contributed by atoms with Crippen LogP contribution in [-0.2, 0) is 10.0 Å². The van der Waals surface area contributed by atoms with Crippen molar-refractivity contribution in [1.29, 1.82) is 0 Å². The highest BCUT2D eigenvalue weighted by Crippen LogP contribution is 2.23. The molecule has 0 fully saturated rings. The lowest BCUT2D eigenvalue weighted by Gasteiger charge is -2.08. The highest BCUT2D eigenvalue weighted by Gasteiger charge is 2.22. The first-order valence-electron chi connectivity index (χ1n) is 5.38. The van der Waals surface area contributed by atoms with Gasteiger partial charge in [0.05, 0.1) is 16.8 Å². The Labute approximate surface area is 127 Å². The second-order valence-electron chi connectivity index (χ2n) is 3.85. The molecule has 0 spiro atoms. The summed E-state index contributed by atoms with van der Waals surface area (Å²) >= 11 is 3.08. The fourth-order valence-corrected chi connectivity index (χ4v) is 2.83. The van der Waals surface area contributed by atoms with Gasteiger partial charge < -0.3 is 0 Å². The van der Waals surface area contributed by atoms with Crippen molar-refractivity contribution in [2.24, 2.45) is 0 Å². The Morgan fingerprint density at radius 2 is 2.00 bits per heavy atom. The Balaban J connectivity index is 2.41. The fraction of sp³-hybridized carbons (Fsp3) is 0. The number of halogens is 2. The molecule has 0 saturated heterocycles. The van der Waals surface area contributed by atoms with Crippen LogP contribution in [-0.4, -0.2) is 18.3 Å². The van der Waals surface area contributed by atoms with E-state index >= 15 is 0 Å². The summed E-state index contributed by atoms with van der Waals surface area (Å²) in [5.74, 6) is -1.09.